The highest BCUT2D eigenvalue weighted by Gasteiger charge is 2.45. The first kappa shape index (κ1) is 21.6. The van der Waals surface area contributed by atoms with Crippen molar-refractivity contribution in [3.8, 4) is 11.8 Å². The van der Waals surface area contributed by atoms with Crippen LogP contribution in [0, 0.1) is 23.5 Å². The maximum atomic E-state index is 15.1. The van der Waals surface area contributed by atoms with Crippen LogP contribution in [-0.2, 0) is 12.0 Å². The monoisotopic (exact) mass is 443 g/mol. The van der Waals surface area contributed by atoms with E-state index < -0.39 is 11.6 Å². The standard InChI is InChI=1S/C28H27F2N3/c1-2-33-20-32(16-14-28(33)13-6-9-23-12-15-31-19-24(23)28)27-25(29)17-22(18-26(27)30)11-10-21-7-4-3-5-8-21/h3-5,7-8,12,15,17-19H,2,6,9,13-14,16,20H2,1H3/t28-/m0/s1. The molecule has 0 bridgehead atoms. The molecule has 168 valence electrons. The average Bonchev–Trinajstić information content (AvgIpc) is 2.84. The molecular weight excluding hydrogens is 416 g/mol. The molecule has 3 nitrogen and oxygen atoms in total. The van der Waals surface area contributed by atoms with Gasteiger partial charge >= 0.3 is 0 Å². The molecule has 0 unspecified atom stereocenters. The van der Waals surface area contributed by atoms with Crippen LogP contribution in [0.15, 0.2) is 60.9 Å². The number of hydrogen-bond acceptors (Lipinski definition) is 3. The molecule has 0 radical (unpaired) electrons. The number of aromatic nitrogens is 1. The van der Waals surface area contributed by atoms with Gasteiger partial charge in [-0.3, -0.25) is 9.88 Å². The summed E-state index contributed by atoms with van der Waals surface area (Å²) < 4.78 is 30.3. The van der Waals surface area contributed by atoms with Crippen molar-refractivity contribution < 1.29 is 8.78 Å². The van der Waals surface area contributed by atoms with E-state index in [0.717, 1.165) is 37.8 Å². The van der Waals surface area contributed by atoms with E-state index in [2.05, 4.69) is 34.7 Å². The lowest BCUT2D eigenvalue weighted by Gasteiger charge is -2.53. The van der Waals surface area contributed by atoms with Crippen LogP contribution < -0.4 is 4.90 Å². The summed E-state index contributed by atoms with van der Waals surface area (Å²) in [6.45, 7) is 3.99. The smallest absolute Gasteiger partial charge is 0.150 e. The predicted octanol–water partition coefficient (Wildman–Crippen LogP) is 5.48. The minimum Gasteiger partial charge on any atom is -0.354 e. The molecule has 2 aliphatic rings. The Hall–Kier alpha value is -3.23. The van der Waals surface area contributed by atoms with Crippen LogP contribution in [0.5, 0.6) is 0 Å². The zero-order valence-electron chi connectivity index (χ0n) is 18.8. The van der Waals surface area contributed by atoms with Gasteiger partial charge in [0.05, 0.1) is 12.2 Å². The molecule has 1 aliphatic heterocycles. The fourth-order valence-corrected chi connectivity index (χ4v) is 5.44. The zero-order valence-corrected chi connectivity index (χ0v) is 18.8. The van der Waals surface area contributed by atoms with Crippen LogP contribution in [0.2, 0.25) is 0 Å². The summed E-state index contributed by atoms with van der Waals surface area (Å²) >= 11 is 0. The van der Waals surface area contributed by atoms with Gasteiger partial charge in [0.1, 0.15) is 5.69 Å². The molecule has 5 heteroatoms. The van der Waals surface area contributed by atoms with Gasteiger partial charge < -0.3 is 4.90 Å². The predicted molar refractivity (Wildman–Crippen MR) is 127 cm³/mol. The maximum absolute atomic E-state index is 15.1. The Bertz CT molecular complexity index is 1190. The van der Waals surface area contributed by atoms with Crippen LogP contribution in [0.25, 0.3) is 0 Å². The number of anilines is 1. The van der Waals surface area contributed by atoms with Gasteiger partial charge in [-0.05, 0) is 73.7 Å². The second kappa shape index (κ2) is 8.96. The van der Waals surface area contributed by atoms with Crippen molar-refractivity contribution in [1.29, 1.82) is 0 Å². The molecule has 3 aromatic rings. The quantitative estimate of drug-likeness (QED) is 0.489. The molecule has 0 saturated carbocycles. The Morgan fingerprint density at radius 2 is 1.76 bits per heavy atom. The van der Waals surface area contributed by atoms with E-state index in [4.69, 9.17) is 0 Å². The van der Waals surface area contributed by atoms with Gasteiger partial charge in [0.15, 0.2) is 11.6 Å². The number of pyridine rings is 1. The molecule has 1 spiro atoms. The molecular formula is C28H27F2N3. The SMILES string of the molecule is CCN1CN(c2c(F)cc(C#Cc3ccccc3)cc2F)CC[C@]12CCCc1ccncc12. The normalized spacial score (nSPS) is 20.3. The number of rotatable bonds is 2. The number of aryl methyl sites for hydroxylation is 1. The third-order valence-corrected chi connectivity index (χ3v) is 7.03. The highest BCUT2D eigenvalue weighted by atomic mass is 19.1. The Morgan fingerprint density at radius 1 is 1.00 bits per heavy atom. The van der Waals surface area contributed by atoms with Gasteiger partial charge in [-0.25, -0.2) is 8.78 Å². The van der Waals surface area contributed by atoms with Gasteiger partial charge in [-0.1, -0.05) is 37.0 Å². The minimum atomic E-state index is -0.565. The number of fused-ring (bicyclic) bond motifs is 2. The molecule has 1 saturated heterocycles. The van der Waals surface area contributed by atoms with Crippen LogP contribution in [-0.4, -0.2) is 29.6 Å². The first-order chi connectivity index (χ1) is 16.1. The van der Waals surface area contributed by atoms with Gasteiger partial charge in [-0.2, -0.15) is 0 Å². The Morgan fingerprint density at radius 3 is 2.52 bits per heavy atom. The van der Waals surface area contributed by atoms with Gasteiger partial charge in [-0.15, -0.1) is 0 Å². The van der Waals surface area contributed by atoms with E-state index in [9.17, 15) is 0 Å². The number of halogens is 2. The highest BCUT2D eigenvalue weighted by molar-refractivity contribution is 5.55. The zero-order chi connectivity index (χ0) is 22.8. The van der Waals surface area contributed by atoms with E-state index in [-0.39, 0.29) is 11.2 Å². The van der Waals surface area contributed by atoms with Crippen LogP contribution in [0.1, 0.15) is 48.4 Å². The van der Waals surface area contributed by atoms with Crippen LogP contribution in [0.4, 0.5) is 14.5 Å². The van der Waals surface area contributed by atoms with Crippen LogP contribution >= 0.6 is 0 Å². The molecule has 1 atom stereocenters. The fourth-order valence-electron chi connectivity index (χ4n) is 5.44. The first-order valence-corrected chi connectivity index (χ1v) is 11.6. The molecule has 33 heavy (non-hydrogen) atoms. The molecule has 1 aliphatic carbocycles. The molecule has 2 heterocycles. The lowest BCUT2D eigenvalue weighted by Crippen LogP contribution is -2.58. The first-order valence-electron chi connectivity index (χ1n) is 11.6. The van der Waals surface area contributed by atoms with Crippen molar-refractivity contribution in [3.05, 3.63) is 94.8 Å². The van der Waals surface area contributed by atoms with Crippen molar-refractivity contribution in [2.45, 2.75) is 38.1 Å². The number of hydrogen-bond donors (Lipinski definition) is 0. The van der Waals surface area contributed by atoms with Crippen molar-refractivity contribution in [3.63, 3.8) is 0 Å². The molecule has 5 rings (SSSR count). The third-order valence-electron chi connectivity index (χ3n) is 7.03. The van der Waals surface area contributed by atoms with E-state index in [1.807, 2.05) is 47.6 Å². The second-order valence-corrected chi connectivity index (χ2v) is 8.83. The summed E-state index contributed by atoms with van der Waals surface area (Å²) in [4.78, 5) is 8.59. The third kappa shape index (κ3) is 4.00. The van der Waals surface area contributed by atoms with Crippen molar-refractivity contribution in [2.24, 2.45) is 0 Å². The molecule has 1 aromatic heterocycles. The fraction of sp³-hybridized carbons (Fsp3) is 0.321. The van der Waals surface area contributed by atoms with E-state index in [0.29, 0.717) is 18.8 Å². The molecule has 0 N–H and O–H groups in total. The van der Waals surface area contributed by atoms with Gasteiger partial charge in [0.25, 0.3) is 0 Å². The second-order valence-electron chi connectivity index (χ2n) is 8.83. The minimum absolute atomic E-state index is 0.0378. The molecule has 2 aromatic carbocycles. The topological polar surface area (TPSA) is 19.4 Å². The molecule has 0 amide bonds. The lowest BCUT2D eigenvalue weighted by atomic mass is 9.73. The summed E-state index contributed by atoms with van der Waals surface area (Å²) in [5.74, 6) is 4.72. The summed E-state index contributed by atoms with van der Waals surface area (Å²) in [5.41, 5.74) is 3.71. The molecule has 1 fully saturated rings. The summed E-state index contributed by atoms with van der Waals surface area (Å²) in [6.07, 6.45) is 7.89. The summed E-state index contributed by atoms with van der Waals surface area (Å²) in [5, 5.41) is 0. The maximum Gasteiger partial charge on any atom is 0.150 e. The van der Waals surface area contributed by atoms with E-state index in [1.165, 1.54) is 23.3 Å². The largest absolute Gasteiger partial charge is 0.354 e. The Kier molecular flexibility index (Phi) is 5.86. The van der Waals surface area contributed by atoms with Crippen LogP contribution in [0.3, 0.4) is 0 Å². The van der Waals surface area contributed by atoms with Gasteiger partial charge in [0.2, 0.25) is 0 Å². The van der Waals surface area contributed by atoms with Gasteiger partial charge in [0, 0.05) is 30.1 Å². The Labute approximate surface area is 194 Å². The highest BCUT2D eigenvalue weighted by Crippen LogP contribution is 2.45. The van der Waals surface area contributed by atoms with E-state index in [1.54, 1.807) is 0 Å². The van der Waals surface area contributed by atoms with Crippen molar-refractivity contribution in [2.75, 3.05) is 24.7 Å². The van der Waals surface area contributed by atoms with Crippen molar-refractivity contribution in [1.82, 2.24) is 9.88 Å². The number of nitrogens with zero attached hydrogens (tertiary/aromatic N) is 3. The Balaban J connectivity index is 1.42. The lowest BCUT2D eigenvalue weighted by molar-refractivity contribution is 0.0411. The van der Waals surface area contributed by atoms with Crippen molar-refractivity contribution >= 4 is 5.69 Å². The summed E-state index contributed by atoms with van der Waals surface area (Å²) in [7, 11) is 0. The average molecular weight is 444 g/mol. The van der Waals surface area contributed by atoms with E-state index >= 15 is 8.78 Å². The summed E-state index contributed by atoms with van der Waals surface area (Å²) in [6, 6.07) is 14.2. The number of benzene rings is 2.